The summed E-state index contributed by atoms with van der Waals surface area (Å²) in [7, 11) is 0. The standard InChI is InChI=1S/C17H19ClN2O2/c1-12(11-21)19-17(22)20-16(13-6-3-2-4-7-13)14-8-5-9-15(18)10-14/h2-10,12,16,21H,11H2,1H3,(H2,19,20,22). The first-order valence-electron chi connectivity index (χ1n) is 7.08. The molecule has 0 aliphatic rings. The van der Waals surface area contributed by atoms with Gasteiger partial charge in [0.15, 0.2) is 0 Å². The van der Waals surface area contributed by atoms with Crippen LogP contribution in [0.1, 0.15) is 24.1 Å². The number of amides is 2. The van der Waals surface area contributed by atoms with Gasteiger partial charge < -0.3 is 15.7 Å². The van der Waals surface area contributed by atoms with Crippen molar-refractivity contribution in [3.8, 4) is 0 Å². The molecule has 0 spiro atoms. The Labute approximate surface area is 135 Å². The fourth-order valence-electron chi connectivity index (χ4n) is 2.13. The molecule has 2 amide bonds. The second-order valence-corrected chi connectivity index (χ2v) is 5.54. The fraction of sp³-hybridized carbons (Fsp3) is 0.235. The van der Waals surface area contributed by atoms with Gasteiger partial charge in [-0.15, -0.1) is 0 Å². The van der Waals surface area contributed by atoms with E-state index in [2.05, 4.69) is 10.6 Å². The van der Waals surface area contributed by atoms with E-state index in [-0.39, 0.29) is 24.7 Å². The SMILES string of the molecule is CC(CO)NC(=O)NC(c1ccccc1)c1cccc(Cl)c1. The summed E-state index contributed by atoms with van der Waals surface area (Å²) in [6.45, 7) is 1.62. The van der Waals surface area contributed by atoms with Crippen LogP contribution in [0.25, 0.3) is 0 Å². The Hall–Kier alpha value is -2.04. The smallest absolute Gasteiger partial charge is 0.315 e. The van der Waals surface area contributed by atoms with Gasteiger partial charge in [0.25, 0.3) is 0 Å². The van der Waals surface area contributed by atoms with Crippen molar-refractivity contribution >= 4 is 17.6 Å². The number of hydrogen-bond donors (Lipinski definition) is 3. The quantitative estimate of drug-likeness (QED) is 0.793. The number of halogens is 1. The molecule has 0 fully saturated rings. The zero-order valence-corrected chi connectivity index (χ0v) is 13.0. The average Bonchev–Trinajstić information content (AvgIpc) is 2.53. The van der Waals surface area contributed by atoms with Crippen molar-refractivity contribution in [1.82, 2.24) is 10.6 Å². The molecule has 0 saturated carbocycles. The molecule has 0 bridgehead atoms. The van der Waals surface area contributed by atoms with E-state index < -0.39 is 0 Å². The van der Waals surface area contributed by atoms with E-state index in [0.29, 0.717) is 5.02 Å². The predicted molar refractivity (Wildman–Crippen MR) is 88.0 cm³/mol. The maximum Gasteiger partial charge on any atom is 0.315 e. The lowest BCUT2D eigenvalue weighted by molar-refractivity contribution is 0.219. The molecule has 0 aromatic heterocycles. The van der Waals surface area contributed by atoms with Crippen LogP contribution in [-0.4, -0.2) is 23.8 Å². The fourth-order valence-corrected chi connectivity index (χ4v) is 2.33. The summed E-state index contributed by atoms with van der Waals surface area (Å²) in [5.41, 5.74) is 1.85. The van der Waals surface area contributed by atoms with Crippen molar-refractivity contribution in [2.24, 2.45) is 0 Å². The van der Waals surface area contributed by atoms with Crippen LogP contribution in [0.5, 0.6) is 0 Å². The third kappa shape index (κ3) is 4.48. The third-order valence-corrected chi connectivity index (χ3v) is 3.48. The lowest BCUT2D eigenvalue weighted by Crippen LogP contribution is -2.43. The zero-order chi connectivity index (χ0) is 15.9. The van der Waals surface area contributed by atoms with Crippen LogP contribution < -0.4 is 10.6 Å². The van der Waals surface area contributed by atoms with Crippen LogP contribution in [0.4, 0.5) is 4.79 Å². The van der Waals surface area contributed by atoms with E-state index in [4.69, 9.17) is 16.7 Å². The summed E-state index contributed by atoms with van der Waals surface area (Å²) in [6.07, 6.45) is 0. The van der Waals surface area contributed by atoms with Gasteiger partial charge in [-0.1, -0.05) is 54.1 Å². The van der Waals surface area contributed by atoms with E-state index in [1.807, 2.05) is 48.5 Å². The van der Waals surface area contributed by atoms with E-state index in [1.165, 1.54) is 0 Å². The topological polar surface area (TPSA) is 61.4 Å². The number of aliphatic hydroxyl groups excluding tert-OH is 1. The normalized spacial score (nSPS) is 13.2. The maximum atomic E-state index is 12.1. The van der Waals surface area contributed by atoms with Crippen LogP contribution in [-0.2, 0) is 0 Å². The number of urea groups is 1. The number of carbonyl (C=O) groups is 1. The monoisotopic (exact) mass is 318 g/mol. The second-order valence-electron chi connectivity index (χ2n) is 5.10. The Balaban J connectivity index is 2.25. The highest BCUT2D eigenvalue weighted by atomic mass is 35.5. The number of carbonyl (C=O) groups excluding carboxylic acids is 1. The van der Waals surface area contributed by atoms with Gasteiger partial charge in [0.05, 0.1) is 18.7 Å². The molecule has 0 heterocycles. The van der Waals surface area contributed by atoms with Crippen LogP contribution in [0.15, 0.2) is 54.6 Å². The van der Waals surface area contributed by atoms with Crippen molar-refractivity contribution in [3.05, 3.63) is 70.7 Å². The average molecular weight is 319 g/mol. The number of rotatable bonds is 5. The summed E-state index contributed by atoms with van der Waals surface area (Å²) in [5.74, 6) is 0. The summed E-state index contributed by atoms with van der Waals surface area (Å²) in [6, 6.07) is 16.1. The Bertz CT molecular complexity index is 619. The Morgan fingerprint density at radius 2 is 1.77 bits per heavy atom. The van der Waals surface area contributed by atoms with Gasteiger partial charge in [0.1, 0.15) is 0 Å². The van der Waals surface area contributed by atoms with Gasteiger partial charge >= 0.3 is 6.03 Å². The van der Waals surface area contributed by atoms with Crippen molar-refractivity contribution in [1.29, 1.82) is 0 Å². The highest BCUT2D eigenvalue weighted by Crippen LogP contribution is 2.24. The molecule has 0 saturated heterocycles. The zero-order valence-electron chi connectivity index (χ0n) is 12.3. The lowest BCUT2D eigenvalue weighted by atomic mass is 9.99. The van der Waals surface area contributed by atoms with Crippen LogP contribution in [0.2, 0.25) is 5.02 Å². The number of nitrogens with one attached hydrogen (secondary N) is 2. The van der Waals surface area contributed by atoms with Gasteiger partial charge in [-0.05, 0) is 30.2 Å². The largest absolute Gasteiger partial charge is 0.394 e. The lowest BCUT2D eigenvalue weighted by Gasteiger charge is -2.21. The van der Waals surface area contributed by atoms with Crippen molar-refractivity contribution in [2.75, 3.05) is 6.61 Å². The van der Waals surface area contributed by atoms with Gasteiger partial charge in [-0.3, -0.25) is 0 Å². The molecule has 2 aromatic carbocycles. The predicted octanol–water partition coefficient (Wildman–Crippen LogP) is 3.11. The number of hydrogen-bond acceptors (Lipinski definition) is 2. The van der Waals surface area contributed by atoms with Crippen molar-refractivity contribution < 1.29 is 9.90 Å². The molecule has 4 nitrogen and oxygen atoms in total. The van der Waals surface area contributed by atoms with E-state index in [0.717, 1.165) is 11.1 Å². The molecule has 0 aliphatic carbocycles. The molecule has 2 atom stereocenters. The first-order chi connectivity index (χ1) is 10.6. The van der Waals surface area contributed by atoms with Crippen molar-refractivity contribution in [3.63, 3.8) is 0 Å². The maximum absolute atomic E-state index is 12.1. The van der Waals surface area contributed by atoms with Crippen LogP contribution >= 0.6 is 11.6 Å². The first-order valence-corrected chi connectivity index (χ1v) is 7.46. The summed E-state index contributed by atoms with van der Waals surface area (Å²) in [5, 5.41) is 15.2. The second kappa shape index (κ2) is 7.82. The summed E-state index contributed by atoms with van der Waals surface area (Å²) in [4.78, 5) is 12.1. The molecule has 5 heteroatoms. The molecule has 2 aromatic rings. The van der Waals surface area contributed by atoms with Gasteiger partial charge in [-0.2, -0.15) is 0 Å². The highest BCUT2D eigenvalue weighted by Gasteiger charge is 2.17. The van der Waals surface area contributed by atoms with Gasteiger partial charge in [0.2, 0.25) is 0 Å². The molecule has 2 unspecified atom stereocenters. The van der Waals surface area contributed by atoms with Gasteiger partial charge in [-0.25, -0.2) is 4.79 Å². The Kier molecular flexibility index (Phi) is 5.81. The third-order valence-electron chi connectivity index (χ3n) is 3.24. The minimum Gasteiger partial charge on any atom is -0.394 e. The molecular formula is C17H19ClN2O2. The summed E-state index contributed by atoms with van der Waals surface area (Å²) < 4.78 is 0. The Morgan fingerprint density at radius 1 is 1.09 bits per heavy atom. The minimum atomic E-state index is -0.338. The minimum absolute atomic E-state index is 0.111. The van der Waals surface area contributed by atoms with Crippen LogP contribution in [0, 0.1) is 0 Å². The first kappa shape index (κ1) is 16.3. The van der Waals surface area contributed by atoms with Crippen LogP contribution in [0.3, 0.4) is 0 Å². The molecule has 0 aliphatic heterocycles. The van der Waals surface area contributed by atoms with E-state index >= 15 is 0 Å². The molecule has 116 valence electrons. The molecule has 2 rings (SSSR count). The van der Waals surface area contributed by atoms with E-state index in [9.17, 15) is 4.79 Å². The molecule has 22 heavy (non-hydrogen) atoms. The molecule has 0 radical (unpaired) electrons. The molecular weight excluding hydrogens is 300 g/mol. The summed E-state index contributed by atoms with van der Waals surface area (Å²) >= 11 is 6.06. The van der Waals surface area contributed by atoms with Gasteiger partial charge in [0, 0.05) is 5.02 Å². The number of benzene rings is 2. The Morgan fingerprint density at radius 3 is 2.41 bits per heavy atom. The van der Waals surface area contributed by atoms with E-state index in [1.54, 1.807) is 13.0 Å². The van der Waals surface area contributed by atoms with Crippen molar-refractivity contribution in [2.45, 2.75) is 19.0 Å². The highest BCUT2D eigenvalue weighted by molar-refractivity contribution is 6.30. The number of aliphatic hydroxyl groups is 1. The molecule has 3 N–H and O–H groups in total.